The van der Waals surface area contributed by atoms with Crippen molar-refractivity contribution in [2.24, 2.45) is 15.9 Å². The highest BCUT2D eigenvalue weighted by Crippen LogP contribution is 2.41. The summed E-state index contributed by atoms with van der Waals surface area (Å²) in [6.07, 6.45) is 14.7. The number of hydrogen-bond acceptors (Lipinski definition) is 2. The third-order valence-corrected chi connectivity index (χ3v) is 3.66. The third-order valence-electron chi connectivity index (χ3n) is 3.66. The van der Waals surface area contributed by atoms with E-state index in [1.54, 1.807) is 0 Å². The molecule has 0 aromatic carbocycles. The second-order valence-electron chi connectivity index (χ2n) is 4.64. The lowest BCUT2D eigenvalue weighted by Gasteiger charge is -2.25. The lowest BCUT2D eigenvalue weighted by Crippen LogP contribution is -2.20. The van der Waals surface area contributed by atoms with E-state index in [-0.39, 0.29) is 11.8 Å². The van der Waals surface area contributed by atoms with E-state index in [0.29, 0.717) is 5.57 Å². The number of amides is 1. The van der Waals surface area contributed by atoms with Gasteiger partial charge in [-0.25, -0.2) is 9.98 Å². The second-order valence-corrected chi connectivity index (χ2v) is 4.64. The third kappa shape index (κ3) is 1.16. The largest absolute Gasteiger partial charge is 0.279 e. The molecule has 2 heterocycles. The first-order valence-electron chi connectivity index (χ1n) is 6.02. The first-order valence-corrected chi connectivity index (χ1v) is 6.02. The number of rotatable bonds is 0. The smallest absolute Gasteiger partial charge is 0.267 e. The van der Waals surface area contributed by atoms with Crippen molar-refractivity contribution in [3.63, 3.8) is 0 Å². The fraction of sp³-hybridized carbons (Fsp3) is 0.133. The Bertz CT molecular complexity index is 681. The van der Waals surface area contributed by atoms with E-state index < -0.39 is 0 Å². The van der Waals surface area contributed by atoms with E-state index in [1.807, 2.05) is 12.2 Å². The van der Waals surface area contributed by atoms with E-state index >= 15 is 0 Å². The Hall–Kier alpha value is -2.29. The molecule has 0 saturated carbocycles. The lowest BCUT2D eigenvalue weighted by atomic mass is 9.77. The molecule has 0 aromatic rings. The van der Waals surface area contributed by atoms with Crippen molar-refractivity contribution in [2.75, 3.05) is 0 Å². The number of hydrogen-bond donors (Lipinski definition) is 0. The van der Waals surface area contributed by atoms with Crippen molar-refractivity contribution >= 4 is 17.8 Å². The van der Waals surface area contributed by atoms with Crippen LogP contribution in [0.25, 0.3) is 0 Å². The van der Waals surface area contributed by atoms with Gasteiger partial charge in [0.05, 0.1) is 17.0 Å². The highest BCUT2D eigenvalue weighted by atomic mass is 16.1. The molecule has 0 radical (unpaired) electrons. The molecule has 1 unspecified atom stereocenters. The Balaban J connectivity index is 1.97. The van der Waals surface area contributed by atoms with Gasteiger partial charge in [0.1, 0.15) is 0 Å². The van der Waals surface area contributed by atoms with Crippen LogP contribution in [-0.4, -0.2) is 17.8 Å². The molecule has 0 aromatic heterocycles. The molecular formula is C15H10N2O. The summed E-state index contributed by atoms with van der Waals surface area (Å²) in [6.45, 7) is 0. The van der Waals surface area contributed by atoms with Crippen molar-refractivity contribution in [2.45, 2.75) is 6.42 Å². The van der Waals surface area contributed by atoms with Gasteiger partial charge in [0.15, 0.2) is 0 Å². The zero-order valence-electron chi connectivity index (χ0n) is 9.63. The Morgan fingerprint density at radius 2 is 2.17 bits per heavy atom. The van der Waals surface area contributed by atoms with Gasteiger partial charge in [-0.1, -0.05) is 24.3 Å². The topological polar surface area (TPSA) is 41.8 Å². The van der Waals surface area contributed by atoms with Gasteiger partial charge in [-0.3, -0.25) is 4.79 Å². The summed E-state index contributed by atoms with van der Waals surface area (Å²) < 4.78 is 0. The summed E-state index contributed by atoms with van der Waals surface area (Å²) in [4.78, 5) is 20.4. The molecule has 4 rings (SSSR count). The van der Waals surface area contributed by atoms with Crippen molar-refractivity contribution in [3.05, 3.63) is 58.9 Å². The van der Waals surface area contributed by atoms with Crippen LogP contribution in [0.4, 0.5) is 0 Å². The molecular weight excluding hydrogens is 224 g/mol. The molecule has 1 atom stereocenters. The van der Waals surface area contributed by atoms with E-state index in [4.69, 9.17) is 0 Å². The minimum absolute atomic E-state index is 0.162. The van der Waals surface area contributed by atoms with Crippen LogP contribution >= 0.6 is 0 Å². The van der Waals surface area contributed by atoms with E-state index in [9.17, 15) is 4.79 Å². The minimum atomic E-state index is -0.162. The highest BCUT2D eigenvalue weighted by Gasteiger charge is 2.36. The Morgan fingerprint density at radius 3 is 3.11 bits per heavy atom. The summed E-state index contributed by atoms with van der Waals surface area (Å²) in [7, 11) is 0. The van der Waals surface area contributed by atoms with Crippen molar-refractivity contribution in [1.82, 2.24) is 0 Å². The highest BCUT2D eigenvalue weighted by molar-refractivity contribution is 6.22. The number of nitrogens with zero attached hydrogens (tertiary/aromatic N) is 2. The molecule has 0 spiro atoms. The summed E-state index contributed by atoms with van der Waals surface area (Å²) >= 11 is 0. The molecule has 3 heteroatoms. The fourth-order valence-electron chi connectivity index (χ4n) is 2.85. The van der Waals surface area contributed by atoms with Crippen LogP contribution in [0.5, 0.6) is 0 Å². The minimum Gasteiger partial charge on any atom is -0.267 e. The van der Waals surface area contributed by atoms with E-state index in [1.165, 1.54) is 11.8 Å². The number of dihydropyridines is 1. The van der Waals surface area contributed by atoms with Gasteiger partial charge >= 0.3 is 0 Å². The number of aliphatic imine (C=N–C) groups is 2. The number of carbonyl (C=O) groups excluding carboxylic acids is 1. The molecule has 18 heavy (non-hydrogen) atoms. The predicted octanol–water partition coefficient (Wildman–Crippen LogP) is 2.30. The van der Waals surface area contributed by atoms with Crippen molar-refractivity contribution in [3.8, 4) is 0 Å². The average Bonchev–Trinajstić information content (AvgIpc) is 2.79. The van der Waals surface area contributed by atoms with Crippen molar-refractivity contribution in [1.29, 1.82) is 0 Å². The summed E-state index contributed by atoms with van der Waals surface area (Å²) in [5, 5.41) is 0. The molecule has 0 fully saturated rings. The molecule has 0 saturated heterocycles. The Kier molecular flexibility index (Phi) is 1.81. The number of carbonyl (C=O) groups is 1. The maximum absolute atomic E-state index is 12.0. The standard InChI is InChI=1S/C15H10N2O/c18-15-14-12(7-8-16-15)17-11-6-5-9-3-1-2-4-10(9)13(11)14/h1-3,5-8,10H,4H2. The maximum atomic E-state index is 12.0. The molecule has 3 nitrogen and oxygen atoms in total. The van der Waals surface area contributed by atoms with Gasteiger partial charge in [0.2, 0.25) is 0 Å². The van der Waals surface area contributed by atoms with Gasteiger partial charge in [-0.05, 0) is 24.1 Å². The van der Waals surface area contributed by atoms with Gasteiger partial charge in [-0.15, -0.1) is 0 Å². The van der Waals surface area contributed by atoms with Crippen LogP contribution in [-0.2, 0) is 4.79 Å². The van der Waals surface area contributed by atoms with Gasteiger partial charge in [0.25, 0.3) is 5.91 Å². The van der Waals surface area contributed by atoms with Crippen LogP contribution in [0.15, 0.2) is 68.9 Å². The molecule has 4 aliphatic rings. The van der Waals surface area contributed by atoms with Gasteiger partial charge in [-0.2, -0.15) is 0 Å². The lowest BCUT2D eigenvalue weighted by molar-refractivity contribution is -0.114. The van der Waals surface area contributed by atoms with Crippen LogP contribution < -0.4 is 0 Å². The molecule has 86 valence electrons. The monoisotopic (exact) mass is 234 g/mol. The first kappa shape index (κ1) is 9.71. The molecule has 0 bridgehead atoms. The maximum Gasteiger partial charge on any atom is 0.279 e. The van der Waals surface area contributed by atoms with Crippen LogP contribution in [0, 0.1) is 5.92 Å². The predicted molar refractivity (Wildman–Crippen MR) is 70.5 cm³/mol. The van der Waals surface area contributed by atoms with Gasteiger partial charge in [0, 0.05) is 17.7 Å². The summed E-state index contributed by atoms with van der Waals surface area (Å²) in [5.74, 6) is 0.0994. The van der Waals surface area contributed by atoms with Crippen LogP contribution in [0.2, 0.25) is 0 Å². The van der Waals surface area contributed by atoms with Crippen molar-refractivity contribution < 1.29 is 4.79 Å². The summed E-state index contributed by atoms with van der Waals surface area (Å²) in [5.41, 5.74) is 4.69. The first-order chi connectivity index (χ1) is 8.84. The molecule has 1 amide bonds. The molecule has 2 aliphatic carbocycles. The van der Waals surface area contributed by atoms with Crippen LogP contribution in [0.3, 0.4) is 0 Å². The normalized spacial score (nSPS) is 27.4. The second kappa shape index (κ2) is 3.35. The van der Waals surface area contributed by atoms with Crippen LogP contribution in [0.1, 0.15) is 6.42 Å². The average molecular weight is 234 g/mol. The fourth-order valence-corrected chi connectivity index (χ4v) is 2.85. The Labute approximate surface area is 104 Å². The van der Waals surface area contributed by atoms with Gasteiger partial charge < -0.3 is 0 Å². The van der Waals surface area contributed by atoms with E-state index in [2.05, 4.69) is 34.3 Å². The quantitative estimate of drug-likeness (QED) is 0.634. The molecule has 0 N–H and O–H groups in total. The number of fused-ring (bicyclic) bond motifs is 4. The Morgan fingerprint density at radius 1 is 1.22 bits per heavy atom. The summed E-state index contributed by atoms with van der Waals surface area (Å²) in [6, 6.07) is 0. The van der Waals surface area contributed by atoms with E-state index in [0.717, 1.165) is 23.4 Å². The zero-order valence-corrected chi connectivity index (χ0v) is 9.63. The SMILES string of the molecule is O=C1N=CC=C2N=C3C=CC4=CC=CCC4C3=C12. The number of allylic oxidation sites excluding steroid dienone is 8. The molecule has 2 aliphatic heterocycles. The zero-order chi connectivity index (χ0) is 12.1.